The van der Waals surface area contributed by atoms with E-state index in [4.69, 9.17) is 42.6 Å². The maximum absolute atomic E-state index is 13.0. The van der Waals surface area contributed by atoms with Crippen molar-refractivity contribution in [3.05, 3.63) is 107 Å². The van der Waals surface area contributed by atoms with Crippen LogP contribution in [0.4, 0.5) is 0 Å². The van der Waals surface area contributed by atoms with E-state index in [1.165, 1.54) is 67.8 Å². The van der Waals surface area contributed by atoms with Crippen LogP contribution in [0.2, 0.25) is 0 Å². The first kappa shape index (κ1) is 57.7. The number of fused-ring (bicyclic) bond motifs is 1. The second-order valence-corrected chi connectivity index (χ2v) is 18.4. The maximum Gasteiger partial charge on any atom is 0.330 e. The second kappa shape index (κ2) is 24.7. The molecule has 27 nitrogen and oxygen atoms in total. The Morgan fingerprint density at radius 3 is 1.71 bits per heavy atom. The molecule has 0 bridgehead atoms. The molecule has 0 aliphatic carbocycles. The fourth-order valence-corrected chi connectivity index (χ4v) is 8.64. The van der Waals surface area contributed by atoms with Crippen LogP contribution in [0.3, 0.4) is 0 Å². The van der Waals surface area contributed by atoms with E-state index < -0.39 is 159 Å². The number of aliphatic hydroxyl groups excluding tert-OH is 9. The lowest BCUT2D eigenvalue weighted by Crippen LogP contribution is -2.64. The van der Waals surface area contributed by atoms with Crippen LogP contribution in [-0.4, -0.2) is 212 Å². The molecule has 426 valence electrons. The average Bonchev–Trinajstić information content (AvgIpc) is 3.43. The van der Waals surface area contributed by atoms with Crippen molar-refractivity contribution < 1.29 is 134 Å². The van der Waals surface area contributed by atoms with Crippen LogP contribution < -0.4 is 9.47 Å². The van der Waals surface area contributed by atoms with E-state index in [9.17, 15) is 86.2 Å². The number of rotatable bonds is 17. The SMILES string of the molecule is COc1cc(C=CC(=O)OCC2OC(OC3C(OC4=Cc5c(OC6OC(CO)C(O)C(O)C6O)cc(O)cc5[OH+]C4c4ccc(O)c(O)c4)OC(COC(=O)C=Cc4ccc(O)c(O)c4)C(O)C3O)C(O)C(O)C2O)ccc1O. The minimum atomic E-state index is -2.16. The van der Waals surface area contributed by atoms with Crippen molar-refractivity contribution in [1.82, 2.24) is 0 Å². The Bertz CT molecular complexity index is 2910. The van der Waals surface area contributed by atoms with Crippen LogP contribution in [0.15, 0.2) is 84.6 Å². The Morgan fingerprint density at radius 1 is 0.557 bits per heavy atom. The number of ether oxygens (including phenoxy) is 10. The van der Waals surface area contributed by atoms with Crippen molar-refractivity contribution >= 4 is 30.2 Å². The van der Waals surface area contributed by atoms with Crippen molar-refractivity contribution in [2.75, 3.05) is 26.9 Å². The Kier molecular flexibility index (Phi) is 18.0. The van der Waals surface area contributed by atoms with Gasteiger partial charge in [-0.2, -0.15) is 0 Å². The zero-order valence-electron chi connectivity index (χ0n) is 41.2. The summed E-state index contributed by atoms with van der Waals surface area (Å²) in [4.78, 5) is 25.8. The first-order chi connectivity index (χ1) is 37.6. The first-order valence-corrected chi connectivity index (χ1v) is 24.0. The molecule has 0 aromatic heterocycles. The topological polar surface area (TPSA) is 433 Å². The Balaban J connectivity index is 1.11. The minimum absolute atomic E-state index is 0.0599. The van der Waals surface area contributed by atoms with E-state index in [1.807, 2.05) is 0 Å². The average molecular weight is 1110 g/mol. The Hall–Kier alpha value is -7.48. The lowest BCUT2D eigenvalue weighted by atomic mass is 9.97. The number of esters is 2. The molecule has 4 aliphatic rings. The van der Waals surface area contributed by atoms with E-state index in [0.717, 1.165) is 36.4 Å². The summed E-state index contributed by atoms with van der Waals surface area (Å²) in [5, 5.41) is 159. The molecule has 0 spiro atoms. The Labute approximate surface area is 446 Å². The van der Waals surface area contributed by atoms with Crippen LogP contribution in [0, 0.1) is 0 Å². The summed E-state index contributed by atoms with van der Waals surface area (Å²) in [6.45, 7) is -2.41. The summed E-state index contributed by atoms with van der Waals surface area (Å²) in [5.41, 5.74) is 0.703. The van der Waals surface area contributed by atoms with Crippen molar-refractivity contribution in [2.24, 2.45) is 0 Å². The van der Waals surface area contributed by atoms with Gasteiger partial charge in [-0.25, -0.2) is 9.59 Å². The molecular weight excluding hydrogens is 1060 g/mol. The highest BCUT2D eigenvalue weighted by atomic mass is 16.8. The van der Waals surface area contributed by atoms with Gasteiger partial charge < -0.3 is 124 Å². The Morgan fingerprint density at radius 2 is 1.10 bits per heavy atom. The van der Waals surface area contributed by atoms with Gasteiger partial charge in [-0.05, 0) is 65.7 Å². The van der Waals surface area contributed by atoms with Gasteiger partial charge in [0.2, 0.25) is 12.6 Å². The molecule has 0 radical (unpaired) electrons. The molecule has 4 aromatic rings. The molecule has 4 heterocycles. The quantitative estimate of drug-likeness (QED) is 0.0251. The minimum Gasteiger partial charge on any atom is -0.571 e. The highest BCUT2D eigenvalue weighted by molar-refractivity contribution is 5.87. The van der Waals surface area contributed by atoms with E-state index in [1.54, 1.807) is 0 Å². The monoisotopic (exact) mass is 1110 g/mol. The molecule has 4 aromatic carbocycles. The number of benzene rings is 4. The largest absolute Gasteiger partial charge is 0.571 e. The predicted molar refractivity (Wildman–Crippen MR) is 262 cm³/mol. The van der Waals surface area contributed by atoms with E-state index >= 15 is 0 Å². The first-order valence-electron chi connectivity index (χ1n) is 24.0. The molecule has 0 saturated carbocycles. The van der Waals surface area contributed by atoms with Crippen LogP contribution in [0.25, 0.3) is 18.2 Å². The number of carbonyl (C=O) groups excluding carboxylic acids is 2. The number of carbonyl (C=O) groups is 2. The molecule has 79 heavy (non-hydrogen) atoms. The number of methoxy groups -OCH3 is 1. The molecule has 0 amide bonds. The van der Waals surface area contributed by atoms with Crippen LogP contribution >= 0.6 is 0 Å². The van der Waals surface area contributed by atoms with Crippen molar-refractivity contribution in [1.29, 1.82) is 0 Å². The molecule has 8 rings (SSSR count). The molecule has 4 aliphatic heterocycles. The third-order valence-corrected chi connectivity index (χ3v) is 13.0. The summed E-state index contributed by atoms with van der Waals surface area (Å²) < 4.78 is 56.3. The zero-order chi connectivity index (χ0) is 57.0. The van der Waals surface area contributed by atoms with Gasteiger partial charge >= 0.3 is 11.9 Å². The van der Waals surface area contributed by atoms with E-state index in [0.29, 0.717) is 5.56 Å². The van der Waals surface area contributed by atoms with Crippen LogP contribution in [-0.2, 0) is 42.7 Å². The highest BCUT2D eigenvalue weighted by Crippen LogP contribution is 2.48. The molecule has 3 fully saturated rings. The molecule has 27 heteroatoms. The number of hydrogen-bond acceptors (Lipinski definition) is 26. The number of phenols is 6. The van der Waals surface area contributed by atoms with E-state index in [-0.39, 0.29) is 45.4 Å². The van der Waals surface area contributed by atoms with Gasteiger partial charge in [0, 0.05) is 24.3 Å². The molecular formula is C52H57O27+. The lowest BCUT2D eigenvalue weighted by molar-refractivity contribution is -0.364. The summed E-state index contributed by atoms with van der Waals surface area (Å²) >= 11 is 0. The van der Waals surface area contributed by atoms with Gasteiger partial charge in [0.25, 0.3) is 11.9 Å². The van der Waals surface area contributed by atoms with Gasteiger partial charge in [-0.1, -0.05) is 12.1 Å². The maximum atomic E-state index is 13.0. The summed E-state index contributed by atoms with van der Waals surface area (Å²) in [7, 11) is 1.32. The van der Waals surface area contributed by atoms with E-state index in [2.05, 4.69) is 4.74 Å². The number of aromatic hydroxyl groups is 7. The van der Waals surface area contributed by atoms with Crippen molar-refractivity contribution in [3.8, 4) is 51.7 Å². The fourth-order valence-electron chi connectivity index (χ4n) is 8.64. The summed E-state index contributed by atoms with van der Waals surface area (Å²) in [6, 6.07) is 13.6. The normalized spacial score (nSPS) is 30.7. The van der Waals surface area contributed by atoms with Gasteiger partial charge in [-0.3, -0.25) is 0 Å². The fraction of sp³-hybridized carbons (Fsp3) is 0.385. The van der Waals surface area contributed by atoms with Crippen molar-refractivity contribution in [3.63, 3.8) is 0 Å². The van der Waals surface area contributed by atoms with Crippen molar-refractivity contribution in [2.45, 2.75) is 98.2 Å². The summed E-state index contributed by atoms with van der Waals surface area (Å²) in [5.74, 6) is -5.31. The third-order valence-electron chi connectivity index (χ3n) is 13.0. The smallest absolute Gasteiger partial charge is 0.330 e. The number of aliphatic hydroxyl groups is 10. The van der Waals surface area contributed by atoms with Crippen LogP contribution in [0.5, 0.6) is 51.7 Å². The zero-order valence-corrected chi connectivity index (χ0v) is 41.2. The standard InChI is InChI=1S/C52H56O27/c1-70-33-13-22(3-8-28(33)57)5-11-39(61)71-19-36-41(63)44(66)47(69)51(77-36)79-49-45(67)42(64)37(20-72-38(60)10-4-21-2-7-26(55)29(58)12-21)78-52(49)75-34-17-25-31(73-48(34)23-6-9-27(56)30(59)14-23)15-24(54)16-32(25)74-50-46(68)43(65)40(62)35(18-53)76-50/h2-17,35-37,40-59,62-69H,18-20H2,1H3/p+1. The lowest BCUT2D eigenvalue weighted by Gasteiger charge is -2.46. The summed E-state index contributed by atoms with van der Waals surface area (Å²) in [6.07, 6.45) is -24.4. The number of hydrogen-bond donors (Lipinski definition) is 15. The molecule has 16 N–H and O–H groups in total. The highest BCUT2D eigenvalue weighted by Gasteiger charge is 2.53. The van der Waals surface area contributed by atoms with Gasteiger partial charge in [0.15, 0.2) is 52.7 Å². The predicted octanol–water partition coefficient (Wildman–Crippen LogP) is -1.39. The molecule has 3 saturated heterocycles. The second-order valence-electron chi connectivity index (χ2n) is 18.4. The van der Waals surface area contributed by atoms with Gasteiger partial charge in [0.05, 0.1) is 25.3 Å². The third kappa shape index (κ3) is 13.0. The number of phenolic OH excluding ortho intramolecular Hbond substituents is 6. The molecule has 16 unspecified atom stereocenters. The van der Waals surface area contributed by atoms with Gasteiger partial charge in [0.1, 0.15) is 97.4 Å². The van der Waals surface area contributed by atoms with Gasteiger partial charge in [-0.15, -0.1) is 0 Å². The molecule has 16 atom stereocenters. The van der Waals surface area contributed by atoms with Crippen LogP contribution in [0.1, 0.15) is 28.4 Å².